The molecule has 9 aromatic carbocycles. The van der Waals surface area contributed by atoms with Gasteiger partial charge in [-0.25, -0.2) is 0 Å². The van der Waals surface area contributed by atoms with Crippen LogP contribution < -0.4 is 0 Å². The van der Waals surface area contributed by atoms with Crippen LogP contribution in [0.3, 0.4) is 0 Å². The normalized spacial score (nSPS) is 11.6. The lowest BCUT2D eigenvalue weighted by molar-refractivity contribution is 1.16. The fraction of sp³-hybridized carbons (Fsp3) is 0. The fourth-order valence-electron chi connectivity index (χ4n) is 8.88. The van der Waals surface area contributed by atoms with Crippen molar-refractivity contribution < 1.29 is 0 Å². The molecule has 0 fully saturated rings. The third kappa shape index (κ3) is 5.11. The third-order valence-electron chi connectivity index (χ3n) is 11.3. The molecular formula is C54H36N2. The number of nitrogens with zero attached hydrogens (tertiary/aromatic N) is 2. The lowest BCUT2D eigenvalue weighted by atomic mass is 9.92. The summed E-state index contributed by atoms with van der Waals surface area (Å²) in [6, 6.07) is 79.4. The molecule has 0 amide bonds. The van der Waals surface area contributed by atoms with Gasteiger partial charge in [0, 0.05) is 32.8 Å². The fourth-order valence-corrected chi connectivity index (χ4v) is 8.88. The molecule has 0 aliphatic carbocycles. The van der Waals surface area contributed by atoms with Crippen molar-refractivity contribution in [3.8, 4) is 55.9 Å². The highest BCUT2D eigenvalue weighted by molar-refractivity contribution is 6.17. The lowest BCUT2D eigenvalue weighted by Crippen LogP contribution is -1.99. The van der Waals surface area contributed by atoms with Crippen molar-refractivity contribution in [3.63, 3.8) is 0 Å². The summed E-state index contributed by atoms with van der Waals surface area (Å²) in [7, 11) is 0. The summed E-state index contributed by atoms with van der Waals surface area (Å²) in [5.41, 5.74) is 16.7. The second-order valence-electron chi connectivity index (χ2n) is 14.5. The first-order valence-electron chi connectivity index (χ1n) is 19.3. The van der Waals surface area contributed by atoms with Crippen molar-refractivity contribution in [2.24, 2.45) is 0 Å². The van der Waals surface area contributed by atoms with Crippen molar-refractivity contribution in [1.29, 1.82) is 0 Å². The van der Waals surface area contributed by atoms with E-state index in [0.717, 1.165) is 11.4 Å². The predicted molar refractivity (Wildman–Crippen MR) is 237 cm³/mol. The number of rotatable bonds is 6. The van der Waals surface area contributed by atoms with Gasteiger partial charge in [-0.05, 0) is 81.4 Å². The molecular weight excluding hydrogens is 677 g/mol. The van der Waals surface area contributed by atoms with Gasteiger partial charge in [0.25, 0.3) is 0 Å². The van der Waals surface area contributed by atoms with Crippen molar-refractivity contribution >= 4 is 43.6 Å². The number of hydrogen-bond acceptors (Lipinski definition) is 0. The first-order chi connectivity index (χ1) is 27.8. The Balaban J connectivity index is 1.15. The summed E-state index contributed by atoms with van der Waals surface area (Å²) < 4.78 is 4.92. The standard InChI is InChI=1S/C54H36N2/c1-3-17-37(18-4-1)39-21-15-22-40(35-39)43-24-9-12-29-49(43)56-50-30-13-10-26-45(50)46-34-33-41(36-53(46)56)55-51-31-14-11-27-48(51)54-47(28-16-32-52(54)55)44-25-8-7-23-42(44)38-19-5-2-6-20-38/h1-36H. The van der Waals surface area contributed by atoms with Crippen LogP contribution in [0.4, 0.5) is 0 Å². The minimum Gasteiger partial charge on any atom is -0.309 e. The largest absolute Gasteiger partial charge is 0.309 e. The molecule has 0 atom stereocenters. The molecule has 0 unspecified atom stereocenters. The van der Waals surface area contributed by atoms with E-state index in [0.29, 0.717) is 0 Å². The summed E-state index contributed by atoms with van der Waals surface area (Å²) in [6.45, 7) is 0. The summed E-state index contributed by atoms with van der Waals surface area (Å²) in [6.07, 6.45) is 0. The number of aromatic nitrogens is 2. The molecule has 2 heteroatoms. The highest BCUT2D eigenvalue weighted by atomic mass is 15.0. The van der Waals surface area contributed by atoms with E-state index in [1.165, 1.54) is 88.1 Å². The molecule has 11 aromatic rings. The highest BCUT2D eigenvalue weighted by Gasteiger charge is 2.20. The molecule has 0 saturated carbocycles. The molecule has 0 N–H and O–H groups in total. The van der Waals surface area contributed by atoms with Gasteiger partial charge < -0.3 is 9.13 Å². The molecule has 2 aromatic heterocycles. The van der Waals surface area contributed by atoms with E-state index in [-0.39, 0.29) is 0 Å². The average Bonchev–Trinajstić information content (AvgIpc) is 3.80. The van der Waals surface area contributed by atoms with E-state index >= 15 is 0 Å². The van der Waals surface area contributed by atoms with Gasteiger partial charge in [-0.1, -0.05) is 176 Å². The molecule has 0 saturated heterocycles. The topological polar surface area (TPSA) is 9.86 Å². The first-order valence-corrected chi connectivity index (χ1v) is 19.3. The Kier molecular flexibility index (Phi) is 7.53. The number of para-hydroxylation sites is 3. The summed E-state index contributed by atoms with van der Waals surface area (Å²) in [5.74, 6) is 0. The quantitative estimate of drug-likeness (QED) is 0.162. The number of benzene rings is 9. The van der Waals surface area contributed by atoms with Crippen LogP contribution in [-0.2, 0) is 0 Å². The Bertz CT molecular complexity index is 3240. The maximum atomic E-state index is 2.47. The van der Waals surface area contributed by atoms with Crippen molar-refractivity contribution in [3.05, 3.63) is 218 Å². The summed E-state index contributed by atoms with van der Waals surface area (Å²) >= 11 is 0. The molecule has 11 rings (SSSR count). The van der Waals surface area contributed by atoms with Gasteiger partial charge in [0.15, 0.2) is 0 Å². The lowest BCUT2D eigenvalue weighted by Gasteiger charge is -2.16. The first kappa shape index (κ1) is 32.0. The third-order valence-corrected chi connectivity index (χ3v) is 11.3. The van der Waals surface area contributed by atoms with Crippen molar-refractivity contribution in [2.75, 3.05) is 0 Å². The minimum atomic E-state index is 1.13. The Labute approximate surface area is 325 Å². The number of fused-ring (bicyclic) bond motifs is 6. The van der Waals surface area contributed by atoms with Gasteiger partial charge in [0.1, 0.15) is 0 Å². The van der Waals surface area contributed by atoms with Gasteiger partial charge in [-0.15, -0.1) is 0 Å². The van der Waals surface area contributed by atoms with Gasteiger partial charge >= 0.3 is 0 Å². The predicted octanol–water partition coefficient (Wildman–Crippen LogP) is 14.5. The van der Waals surface area contributed by atoms with Crippen LogP contribution in [0.25, 0.3) is 99.5 Å². The van der Waals surface area contributed by atoms with Crippen LogP contribution in [0.15, 0.2) is 218 Å². The monoisotopic (exact) mass is 712 g/mol. The molecule has 0 bridgehead atoms. The van der Waals surface area contributed by atoms with Crippen molar-refractivity contribution in [1.82, 2.24) is 9.13 Å². The second kappa shape index (κ2) is 13.2. The molecule has 262 valence electrons. The van der Waals surface area contributed by atoms with Crippen LogP contribution in [0.2, 0.25) is 0 Å². The smallest absolute Gasteiger partial charge is 0.0562 e. The van der Waals surface area contributed by atoms with Gasteiger partial charge in [0.2, 0.25) is 0 Å². The second-order valence-corrected chi connectivity index (χ2v) is 14.5. The Morgan fingerprint density at radius 3 is 1.59 bits per heavy atom. The Morgan fingerprint density at radius 2 is 0.786 bits per heavy atom. The highest BCUT2D eigenvalue weighted by Crippen LogP contribution is 2.43. The molecule has 0 radical (unpaired) electrons. The van der Waals surface area contributed by atoms with E-state index in [2.05, 4.69) is 228 Å². The van der Waals surface area contributed by atoms with Crippen LogP contribution in [0, 0.1) is 0 Å². The Morgan fingerprint density at radius 1 is 0.250 bits per heavy atom. The molecule has 2 heterocycles. The van der Waals surface area contributed by atoms with E-state index in [1.807, 2.05) is 0 Å². The average molecular weight is 713 g/mol. The zero-order chi connectivity index (χ0) is 37.0. The van der Waals surface area contributed by atoms with Gasteiger partial charge in [-0.2, -0.15) is 0 Å². The molecule has 0 spiro atoms. The maximum Gasteiger partial charge on any atom is 0.0562 e. The van der Waals surface area contributed by atoms with Gasteiger partial charge in [-0.3, -0.25) is 0 Å². The molecule has 56 heavy (non-hydrogen) atoms. The minimum absolute atomic E-state index is 1.13. The van der Waals surface area contributed by atoms with Gasteiger partial charge in [0.05, 0.1) is 27.8 Å². The molecule has 2 nitrogen and oxygen atoms in total. The van der Waals surface area contributed by atoms with Crippen LogP contribution in [0.1, 0.15) is 0 Å². The molecule has 0 aliphatic rings. The van der Waals surface area contributed by atoms with Crippen LogP contribution in [0.5, 0.6) is 0 Å². The maximum absolute atomic E-state index is 2.47. The zero-order valence-electron chi connectivity index (χ0n) is 30.7. The molecule has 0 aliphatic heterocycles. The van der Waals surface area contributed by atoms with E-state index in [4.69, 9.17) is 0 Å². The Hall–Kier alpha value is -7.42. The van der Waals surface area contributed by atoms with E-state index in [9.17, 15) is 0 Å². The van der Waals surface area contributed by atoms with E-state index in [1.54, 1.807) is 0 Å². The zero-order valence-corrected chi connectivity index (χ0v) is 30.7. The SMILES string of the molecule is c1ccc(-c2cccc(-c3ccccc3-n3c4ccccc4c4ccc(-n5c6ccccc6c6c(-c7ccccc7-c7ccccc7)cccc65)cc43)c2)cc1. The van der Waals surface area contributed by atoms with E-state index < -0.39 is 0 Å². The van der Waals surface area contributed by atoms with Crippen molar-refractivity contribution in [2.45, 2.75) is 0 Å². The van der Waals surface area contributed by atoms with Crippen LogP contribution >= 0.6 is 0 Å². The number of hydrogen-bond donors (Lipinski definition) is 0. The summed E-state index contributed by atoms with van der Waals surface area (Å²) in [4.78, 5) is 0. The summed E-state index contributed by atoms with van der Waals surface area (Å²) in [5, 5.41) is 4.97. The van der Waals surface area contributed by atoms with Crippen LogP contribution in [-0.4, -0.2) is 9.13 Å².